The molecule has 0 saturated carbocycles. The minimum Gasteiger partial charge on any atom is -0.478 e. The maximum atomic E-state index is 13.0. The number of H-pyrrole nitrogens is 1. The van der Waals surface area contributed by atoms with Crippen LogP contribution in [0.4, 0.5) is 5.69 Å². The predicted octanol–water partition coefficient (Wildman–Crippen LogP) is 5.58. The van der Waals surface area contributed by atoms with Gasteiger partial charge in [-0.3, -0.25) is 9.89 Å². The Balaban J connectivity index is 0.00000228. The van der Waals surface area contributed by atoms with E-state index in [2.05, 4.69) is 15.5 Å². The van der Waals surface area contributed by atoms with Crippen LogP contribution in [0, 0.1) is 13.8 Å². The van der Waals surface area contributed by atoms with E-state index in [0.29, 0.717) is 11.3 Å². The second-order valence-electron chi connectivity index (χ2n) is 8.20. The van der Waals surface area contributed by atoms with E-state index in [1.54, 1.807) is 12.3 Å². The summed E-state index contributed by atoms with van der Waals surface area (Å²) in [6.07, 6.45) is 3.55. The fraction of sp³-hybridized carbons (Fsp3) is 0.148. The van der Waals surface area contributed by atoms with Gasteiger partial charge < -0.3 is 16.2 Å². The van der Waals surface area contributed by atoms with Crippen LogP contribution < -0.4 is 11.1 Å². The SMILES string of the molecule is Cc1ccc(C(=O)O)c(C)c1-c1ccc(C(CN)C(=O)Nc2ccc(-c3cn[nH]c3)cc2)cc1.Cl.Cl. The molecule has 1 amide bonds. The standard InChI is InChI=1S/C27H26N4O3.2ClH/c1-16-3-12-23(27(33)34)17(2)25(16)20-6-4-19(5-7-20)24(13-28)26(32)31-22-10-8-18(9-11-22)21-14-29-30-15-21;;/h3-12,14-15,24H,13,28H2,1-2H3,(H,29,30)(H,31,32)(H,33,34);2*1H. The molecule has 1 heterocycles. The van der Waals surface area contributed by atoms with Crippen LogP contribution in [0.2, 0.25) is 0 Å². The number of aromatic nitrogens is 2. The summed E-state index contributed by atoms with van der Waals surface area (Å²) in [5.41, 5.74) is 13.2. The zero-order valence-corrected chi connectivity index (χ0v) is 21.5. The summed E-state index contributed by atoms with van der Waals surface area (Å²) >= 11 is 0. The predicted molar refractivity (Wildman–Crippen MR) is 147 cm³/mol. The molecule has 0 spiro atoms. The highest BCUT2D eigenvalue weighted by Gasteiger charge is 2.20. The fourth-order valence-corrected chi connectivity index (χ4v) is 4.18. The van der Waals surface area contributed by atoms with Crippen LogP contribution in [-0.2, 0) is 4.79 Å². The third kappa shape index (κ3) is 5.94. The number of carboxylic acids is 1. The number of aryl methyl sites for hydroxylation is 1. The number of amides is 1. The number of nitrogens with one attached hydrogen (secondary N) is 2. The van der Waals surface area contributed by atoms with Gasteiger partial charge in [0.25, 0.3) is 0 Å². The molecule has 36 heavy (non-hydrogen) atoms. The van der Waals surface area contributed by atoms with Crippen LogP contribution in [0.3, 0.4) is 0 Å². The van der Waals surface area contributed by atoms with Crippen LogP contribution in [0.25, 0.3) is 22.3 Å². The Bertz CT molecular complexity index is 1320. The van der Waals surface area contributed by atoms with Crippen molar-refractivity contribution in [2.24, 2.45) is 5.73 Å². The van der Waals surface area contributed by atoms with E-state index in [0.717, 1.165) is 33.4 Å². The van der Waals surface area contributed by atoms with E-state index in [1.807, 2.05) is 74.6 Å². The number of hydrogen-bond acceptors (Lipinski definition) is 4. The first kappa shape index (κ1) is 28.6. The number of anilines is 1. The van der Waals surface area contributed by atoms with E-state index in [-0.39, 0.29) is 42.8 Å². The molecule has 3 aromatic carbocycles. The van der Waals surface area contributed by atoms with Crippen molar-refractivity contribution in [3.8, 4) is 22.3 Å². The van der Waals surface area contributed by atoms with Crippen LogP contribution in [0.5, 0.6) is 0 Å². The normalized spacial score (nSPS) is 11.1. The monoisotopic (exact) mass is 526 g/mol. The minimum atomic E-state index is -0.951. The molecule has 0 aliphatic heterocycles. The molecule has 0 saturated heterocycles. The first-order valence-electron chi connectivity index (χ1n) is 10.9. The van der Waals surface area contributed by atoms with Gasteiger partial charge in [-0.15, -0.1) is 24.8 Å². The number of halogens is 2. The lowest BCUT2D eigenvalue weighted by Crippen LogP contribution is -2.27. The van der Waals surface area contributed by atoms with Crippen molar-refractivity contribution < 1.29 is 14.7 Å². The summed E-state index contributed by atoms with van der Waals surface area (Å²) in [4.78, 5) is 24.5. The molecule has 1 unspecified atom stereocenters. The van der Waals surface area contributed by atoms with E-state index >= 15 is 0 Å². The molecule has 5 N–H and O–H groups in total. The average Bonchev–Trinajstić information content (AvgIpc) is 3.36. The summed E-state index contributed by atoms with van der Waals surface area (Å²) in [7, 11) is 0. The maximum Gasteiger partial charge on any atom is 0.335 e. The van der Waals surface area contributed by atoms with Crippen LogP contribution in [0.1, 0.15) is 33.0 Å². The molecule has 4 aromatic rings. The molecule has 1 aromatic heterocycles. The Hall–Kier alpha value is -3.65. The number of hydrogen-bond donors (Lipinski definition) is 4. The van der Waals surface area contributed by atoms with E-state index < -0.39 is 11.9 Å². The molecule has 0 fully saturated rings. The topological polar surface area (TPSA) is 121 Å². The number of carbonyl (C=O) groups excluding carboxylic acids is 1. The lowest BCUT2D eigenvalue weighted by molar-refractivity contribution is -0.117. The highest BCUT2D eigenvalue weighted by Crippen LogP contribution is 2.31. The number of aromatic amines is 1. The van der Waals surface area contributed by atoms with Crippen molar-refractivity contribution in [1.82, 2.24) is 10.2 Å². The van der Waals surface area contributed by atoms with E-state index in [9.17, 15) is 14.7 Å². The smallest absolute Gasteiger partial charge is 0.335 e. The molecule has 0 aliphatic rings. The summed E-state index contributed by atoms with van der Waals surface area (Å²) < 4.78 is 0. The van der Waals surface area contributed by atoms with Gasteiger partial charge in [-0.1, -0.05) is 42.5 Å². The second-order valence-corrected chi connectivity index (χ2v) is 8.20. The minimum absolute atomic E-state index is 0. The van der Waals surface area contributed by atoms with Crippen LogP contribution >= 0.6 is 24.8 Å². The highest BCUT2D eigenvalue weighted by molar-refractivity contribution is 5.96. The first-order chi connectivity index (χ1) is 16.4. The number of rotatable bonds is 7. The fourth-order valence-electron chi connectivity index (χ4n) is 4.18. The third-order valence-electron chi connectivity index (χ3n) is 6.04. The van der Waals surface area contributed by atoms with Gasteiger partial charge in [0.2, 0.25) is 5.91 Å². The van der Waals surface area contributed by atoms with Gasteiger partial charge in [0.15, 0.2) is 0 Å². The van der Waals surface area contributed by atoms with Gasteiger partial charge in [-0.2, -0.15) is 5.10 Å². The number of carbonyl (C=O) groups is 2. The summed E-state index contributed by atoms with van der Waals surface area (Å²) in [6, 6.07) is 18.5. The van der Waals surface area contributed by atoms with Crippen molar-refractivity contribution >= 4 is 42.4 Å². The number of aromatic carboxylic acids is 1. The zero-order chi connectivity index (χ0) is 24.2. The van der Waals surface area contributed by atoms with Crippen molar-refractivity contribution in [3.63, 3.8) is 0 Å². The Morgan fingerprint density at radius 2 is 1.58 bits per heavy atom. The highest BCUT2D eigenvalue weighted by atomic mass is 35.5. The quantitative estimate of drug-likeness (QED) is 0.250. The Morgan fingerprint density at radius 1 is 0.944 bits per heavy atom. The Labute approximate surface area is 222 Å². The van der Waals surface area contributed by atoms with Gasteiger partial charge in [0.1, 0.15) is 0 Å². The van der Waals surface area contributed by atoms with Crippen molar-refractivity contribution in [3.05, 3.63) is 95.3 Å². The van der Waals surface area contributed by atoms with E-state index in [1.165, 1.54) is 0 Å². The van der Waals surface area contributed by atoms with Gasteiger partial charge in [0, 0.05) is 24.0 Å². The van der Waals surface area contributed by atoms with Crippen molar-refractivity contribution in [2.45, 2.75) is 19.8 Å². The summed E-state index contributed by atoms with van der Waals surface area (Å²) in [5, 5.41) is 19.1. The molecule has 4 rings (SSSR count). The second kappa shape index (κ2) is 12.4. The summed E-state index contributed by atoms with van der Waals surface area (Å²) in [5.74, 6) is -1.66. The average molecular weight is 527 g/mol. The molecule has 7 nitrogen and oxygen atoms in total. The number of carboxylic acid groups (broad SMARTS) is 1. The van der Waals surface area contributed by atoms with Gasteiger partial charge >= 0.3 is 5.97 Å². The number of nitrogens with zero attached hydrogens (tertiary/aromatic N) is 1. The van der Waals surface area contributed by atoms with Gasteiger partial charge in [-0.25, -0.2) is 4.79 Å². The van der Waals surface area contributed by atoms with Gasteiger partial charge in [0.05, 0.1) is 17.7 Å². The number of benzene rings is 3. The zero-order valence-electron chi connectivity index (χ0n) is 19.8. The maximum absolute atomic E-state index is 13.0. The molecule has 0 radical (unpaired) electrons. The Morgan fingerprint density at radius 3 is 2.14 bits per heavy atom. The van der Waals surface area contributed by atoms with Crippen molar-refractivity contribution in [2.75, 3.05) is 11.9 Å². The van der Waals surface area contributed by atoms with E-state index in [4.69, 9.17) is 5.73 Å². The van der Waals surface area contributed by atoms with Crippen LogP contribution in [-0.4, -0.2) is 33.7 Å². The lowest BCUT2D eigenvalue weighted by atomic mass is 9.90. The van der Waals surface area contributed by atoms with Crippen molar-refractivity contribution in [1.29, 1.82) is 0 Å². The summed E-state index contributed by atoms with van der Waals surface area (Å²) in [6.45, 7) is 3.92. The molecule has 1 atom stereocenters. The first-order valence-corrected chi connectivity index (χ1v) is 10.9. The number of nitrogens with two attached hydrogens (primary N) is 1. The Kier molecular flexibility index (Phi) is 9.81. The molecular formula is C27H28Cl2N4O3. The third-order valence-corrected chi connectivity index (χ3v) is 6.04. The van der Waals surface area contributed by atoms with Gasteiger partial charge in [-0.05, 0) is 65.4 Å². The molecule has 0 aliphatic carbocycles. The largest absolute Gasteiger partial charge is 0.478 e. The molecule has 0 bridgehead atoms. The lowest BCUT2D eigenvalue weighted by Gasteiger charge is -2.17. The molecule has 9 heteroatoms. The molecule has 188 valence electrons. The van der Waals surface area contributed by atoms with Crippen LogP contribution in [0.15, 0.2) is 73.1 Å². The molecular weight excluding hydrogens is 499 g/mol.